The van der Waals surface area contributed by atoms with Crippen molar-refractivity contribution in [3.8, 4) is 0 Å². The molecule has 3 aromatic rings. The van der Waals surface area contributed by atoms with E-state index in [1.165, 1.54) is 35.7 Å². The molecule has 202 valence electrons. The van der Waals surface area contributed by atoms with Crippen molar-refractivity contribution in [1.29, 1.82) is 0 Å². The van der Waals surface area contributed by atoms with Gasteiger partial charge in [0, 0.05) is 34.8 Å². The summed E-state index contributed by atoms with van der Waals surface area (Å²) in [7, 11) is 0. The zero-order valence-electron chi connectivity index (χ0n) is 20.7. The standard InChI is InChI=1S/C27H26N4O6S2/c32-24(14-18-8-2-1-3-9-18)29-26-21(28-27(26)33)15-25(38-16-19-10-4-6-12-22(19)30(34)35)39-17-20-11-5-7-13-23(20)31(36)37/h1-13,21,25-26H,14-17H2,(H,28,33)(H,29,32). The van der Waals surface area contributed by atoms with Gasteiger partial charge in [-0.25, -0.2) is 0 Å². The van der Waals surface area contributed by atoms with Gasteiger partial charge in [0.2, 0.25) is 11.8 Å². The van der Waals surface area contributed by atoms with E-state index in [9.17, 15) is 29.8 Å². The summed E-state index contributed by atoms with van der Waals surface area (Å²) in [6, 6.07) is 21.2. The van der Waals surface area contributed by atoms with E-state index in [0.29, 0.717) is 29.1 Å². The fourth-order valence-electron chi connectivity index (χ4n) is 4.19. The highest BCUT2D eigenvalue weighted by Crippen LogP contribution is 2.37. The number of carbonyl (C=O) groups excluding carboxylic acids is 2. The van der Waals surface area contributed by atoms with Crippen LogP contribution in [0.4, 0.5) is 11.4 Å². The zero-order valence-corrected chi connectivity index (χ0v) is 22.4. The topological polar surface area (TPSA) is 144 Å². The van der Waals surface area contributed by atoms with Gasteiger partial charge in [-0.05, 0) is 12.0 Å². The smallest absolute Gasteiger partial charge is 0.273 e. The van der Waals surface area contributed by atoms with Crippen LogP contribution in [0.15, 0.2) is 78.9 Å². The summed E-state index contributed by atoms with van der Waals surface area (Å²) in [5.74, 6) is 0.157. The number of nitro benzene ring substituents is 2. The average molecular weight is 567 g/mol. The van der Waals surface area contributed by atoms with Crippen molar-refractivity contribution in [3.63, 3.8) is 0 Å². The monoisotopic (exact) mass is 566 g/mol. The van der Waals surface area contributed by atoms with E-state index >= 15 is 0 Å². The number of amides is 2. The molecular formula is C27H26N4O6S2. The predicted molar refractivity (Wildman–Crippen MR) is 151 cm³/mol. The molecule has 2 atom stereocenters. The zero-order chi connectivity index (χ0) is 27.8. The summed E-state index contributed by atoms with van der Waals surface area (Å²) in [6.07, 6.45) is 0.609. The van der Waals surface area contributed by atoms with Crippen molar-refractivity contribution in [1.82, 2.24) is 10.6 Å². The fourth-order valence-corrected chi connectivity index (χ4v) is 6.89. The highest BCUT2D eigenvalue weighted by atomic mass is 32.2. The lowest BCUT2D eigenvalue weighted by atomic mass is 9.96. The van der Waals surface area contributed by atoms with Crippen LogP contribution >= 0.6 is 23.5 Å². The molecule has 1 saturated heterocycles. The minimum Gasteiger partial charge on any atom is -0.349 e. The average Bonchev–Trinajstić information content (AvgIpc) is 2.93. The molecule has 4 rings (SSSR count). The quantitative estimate of drug-likeness (QED) is 0.132. The molecule has 39 heavy (non-hydrogen) atoms. The molecule has 0 spiro atoms. The van der Waals surface area contributed by atoms with Crippen LogP contribution in [0.25, 0.3) is 0 Å². The van der Waals surface area contributed by atoms with Crippen molar-refractivity contribution in [2.75, 3.05) is 0 Å². The first-order valence-electron chi connectivity index (χ1n) is 12.1. The van der Waals surface area contributed by atoms with E-state index in [1.54, 1.807) is 36.4 Å². The van der Waals surface area contributed by atoms with E-state index in [1.807, 2.05) is 30.3 Å². The van der Waals surface area contributed by atoms with Crippen LogP contribution in [0.2, 0.25) is 0 Å². The van der Waals surface area contributed by atoms with Crippen molar-refractivity contribution in [2.24, 2.45) is 0 Å². The second-order valence-corrected chi connectivity index (χ2v) is 11.6. The summed E-state index contributed by atoms with van der Waals surface area (Å²) in [6.45, 7) is 0. The molecule has 1 aliphatic heterocycles. The molecule has 1 aliphatic rings. The summed E-state index contributed by atoms with van der Waals surface area (Å²) in [4.78, 5) is 47.0. The molecule has 0 saturated carbocycles. The lowest BCUT2D eigenvalue weighted by Crippen LogP contribution is -2.69. The molecule has 3 aromatic carbocycles. The van der Waals surface area contributed by atoms with Gasteiger partial charge in [-0.15, -0.1) is 23.5 Å². The third kappa shape index (κ3) is 7.58. The summed E-state index contributed by atoms with van der Waals surface area (Å²) >= 11 is 2.93. The lowest BCUT2D eigenvalue weighted by Gasteiger charge is -2.38. The van der Waals surface area contributed by atoms with Gasteiger partial charge in [0.25, 0.3) is 11.4 Å². The first-order valence-corrected chi connectivity index (χ1v) is 14.2. The Hall–Kier alpha value is -3.90. The number of nitrogens with zero attached hydrogens (tertiary/aromatic N) is 2. The molecule has 1 fully saturated rings. The van der Waals surface area contributed by atoms with Gasteiger partial charge in [0.15, 0.2) is 0 Å². The van der Waals surface area contributed by atoms with E-state index < -0.39 is 15.9 Å². The van der Waals surface area contributed by atoms with Gasteiger partial charge < -0.3 is 10.6 Å². The minimum absolute atomic E-state index is 0.0236. The third-order valence-corrected chi connectivity index (χ3v) is 9.11. The lowest BCUT2D eigenvalue weighted by molar-refractivity contribution is -0.385. The Labute approximate surface area is 233 Å². The number of para-hydroxylation sites is 2. The number of hydrogen-bond acceptors (Lipinski definition) is 8. The highest BCUT2D eigenvalue weighted by molar-refractivity contribution is 8.16. The Morgan fingerprint density at radius 1 is 0.846 bits per heavy atom. The van der Waals surface area contributed by atoms with Crippen LogP contribution in [0.1, 0.15) is 23.1 Å². The number of nitro groups is 2. The first kappa shape index (κ1) is 28.1. The maximum absolute atomic E-state index is 12.6. The maximum atomic E-state index is 12.6. The van der Waals surface area contributed by atoms with Crippen LogP contribution in [0, 0.1) is 20.2 Å². The Morgan fingerprint density at radius 2 is 1.36 bits per heavy atom. The molecule has 10 nitrogen and oxygen atoms in total. The van der Waals surface area contributed by atoms with Gasteiger partial charge >= 0.3 is 0 Å². The molecule has 2 amide bonds. The highest BCUT2D eigenvalue weighted by Gasteiger charge is 2.41. The molecule has 0 radical (unpaired) electrons. The molecule has 0 aliphatic carbocycles. The van der Waals surface area contributed by atoms with E-state index in [4.69, 9.17) is 0 Å². The molecule has 2 N–H and O–H groups in total. The second kappa shape index (κ2) is 13.3. The Morgan fingerprint density at radius 3 is 1.87 bits per heavy atom. The van der Waals surface area contributed by atoms with E-state index in [0.717, 1.165) is 5.56 Å². The number of rotatable bonds is 13. The number of hydrogen-bond donors (Lipinski definition) is 2. The first-order chi connectivity index (χ1) is 18.8. The molecule has 0 aromatic heterocycles. The number of thioether (sulfide) groups is 2. The van der Waals surface area contributed by atoms with Gasteiger partial charge in [0.05, 0.1) is 26.9 Å². The Kier molecular flexibility index (Phi) is 9.55. The summed E-state index contributed by atoms with van der Waals surface area (Å²) < 4.78 is -0.177. The number of benzene rings is 3. The molecule has 1 heterocycles. The second-order valence-electron chi connectivity index (χ2n) is 8.88. The molecule has 2 unspecified atom stereocenters. The van der Waals surface area contributed by atoms with E-state index in [-0.39, 0.29) is 40.2 Å². The van der Waals surface area contributed by atoms with Crippen LogP contribution in [-0.4, -0.2) is 38.3 Å². The number of carbonyl (C=O) groups is 2. The number of β-lactam (4-membered cyclic amide) rings is 1. The maximum Gasteiger partial charge on any atom is 0.273 e. The van der Waals surface area contributed by atoms with Crippen molar-refractivity contribution < 1.29 is 19.4 Å². The molecule has 12 heteroatoms. The normalized spacial score (nSPS) is 16.3. The van der Waals surface area contributed by atoms with Crippen LogP contribution in [-0.2, 0) is 27.5 Å². The summed E-state index contributed by atoms with van der Waals surface area (Å²) in [5.41, 5.74) is 2.01. The SMILES string of the molecule is O=C(Cc1ccccc1)NC1C(=O)NC1CC(SCc1ccccc1[N+](=O)[O-])SCc1ccccc1[N+](=O)[O-]. The summed E-state index contributed by atoms with van der Waals surface area (Å²) in [5, 5.41) is 28.6. The van der Waals surface area contributed by atoms with Gasteiger partial charge in [-0.3, -0.25) is 29.8 Å². The predicted octanol–water partition coefficient (Wildman–Crippen LogP) is 4.61. The van der Waals surface area contributed by atoms with Crippen LogP contribution in [0.3, 0.4) is 0 Å². The van der Waals surface area contributed by atoms with Crippen LogP contribution < -0.4 is 10.6 Å². The van der Waals surface area contributed by atoms with Crippen molar-refractivity contribution >= 4 is 46.7 Å². The van der Waals surface area contributed by atoms with Gasteiger partial charge in [0.1, 0.15) is 6.04 Å². The minimum atomic E-state index is -0.693. The van der Waals surface area contributed by atoms with Gasteiger partial charge in [-0.1, -0.05) is 66.7 Å². The van der Waals surface area contributed by atoms with E-state index in [2.05, 4.69) is 10.6 Å². The molecule has 0 bridgehead atoms. The van der Waals surface area contributed by atoms with Gasteiger partial charge in [-0.2, -0.15) is 0 Å². The van der Waals surface area contributed by atoms with Crippen molar-refractivity contribution in [3.05, 3.63) is 116 Å². The number of nitrogens with one attached hydrogen (secondary N) is 2. The Balaban J connectivity index is 1.45. The van der Waals surface area contributed by atoms with Crippen molar-refractivity contribution in [2.45, 2.75) is 41.0 Å². The third-order valence-electron chi connectivity index (χ3n) is 6.21. The Bertz CT molecular complexity index is 1300. The largest absolute Gasteiger partial charge is 0.349 e. The van der Waals surface area contributed by atoms with Crippen LogP contribution in [0.5, 0.6) is 0 Å². The fraction of sp³-hybridized carbons (Fsp3) is 0.259. The molecular weight excluding hydrogens is 540 g/mol.